The number of hydrogen-bond acceptors (Lipinski definition) is 6. The van der Waals surface area contributed by atoms with E-state index in [1.165, 1.54) is 26.4 Å². The molecule has 0 aliphatic heterocycles. The minimum absolute atomic E-state index is 0. The molecule has 2 atom stereocenters. The summed E-state index contributed by atoms with van der Waals surface area (Å²) in [5.74, 6) is -0.725. The van der Waals surface area contributed by atoms with Crippen molar-refractivity contribution in [3.05, 3.63) is 95.6 Å². The number of carbonyl (C=O) groups excluding carboxylic acids is 1. The number of benzene rings is 3. The second kappa shape index (κ2) is 16.9. The molecule has 0 bridgehead atoms. The molecule has 8 nitrogen and oxygen atoms in total. The van der Waals surface area contributed by atoms with E-state index in [4.69, 9.17) is 14.6 Å². The van der Waals surface area contributed by atoms with Crippen molar-refractivity contribution in [1.29, 1.82) is 0 Å². The van der Waals surface area contributed by atoms with E-state index in [0.29, 0.717) is 40.3 Å². The van der Waals surface area contributed by atoms with Gasteiger partial charge in [-0.1, -0.05) is 54.6 Å². The van der Waals surface area contributed by atoms with Crippen molar-refractivity contribution in [1.82, 2.24) is 4.57 Å². The van der Waals surface area contributed by atoms with Crippen LogP contribution in [-0.2, 0) is 17.6 Å². The number of para-hydroxylation sites is 1. The molecule has 3 N–H and O–H groups in total. The number of methoxy groups -OCH3 is 2. The van der Waals surface area contributed by atoms with Gasteiger partial charge in [0.1, 0.15) is 5.82 Å². The van der Waals surface area contributed by atoms with Crippen LogP contribution in [0.15, 0.2) is 72.8 Å². The van der Waals surface area contributed by atoms with Gasteiger partial charge in [-0.05, 0) is 62.4 Å². The van der Waals surface area contributed by atoms with Crippen LogP contribution in [0.3, 0.4) is 0 Å². The van der Waals surface area contributed by atoms with E-state index in [1.54, 1.807) is 24.3 Å². The number of aliphatic hydroxyl groups excluding tert-OH is 2. The quantitative estimate of drug-likeness (QED) is 0.110. The number of nitrogens with zero attached hydrogens (tertiary/aromatic N) is 1. The fourth-order valence-corrected chi connectivity index (χ4v) is 5.91. The van der Waals surface area contributed by atoms with Gasteiger partial charge in [0, 0.05) is 34.8 Å². The Balaban J connectivity index is 0.00000576. The van der Waals surface area contributed by atoms with E-state index in [9.17, 15) is 24.2 Å². The van der Waals surface area contributed by atoms with Gasteiger partial charge >= 0.3 is 35.5 Å². The van der Waals surface area contributed by atoms with E-state index in [2.05, 4.69) is 0 Å². The molecule has 46 heavy (non-hydrogen) atoms. The van der Waals surface area contributed by atoms with Crippen molar-refractivity contribution < 1.29 is 38.8 Å². The summed E-state index contributed by atoms with van der Waals surface area (Å²) < 4.78 is 27.2. The molecule has 4 aromatic rings. The van der Waals surface area contributed by atoms with Crippen LogP contribution in [0.5, 0.6) is 11.5 Å². The van der Waals surface area contributed by atoms with Crippen molar-refractivity contribution in [2.24, 2.45) is 0 Å². The number of Topliss-reactive ketones (excluding diaryl/α,β-unsaturated/α-hetero) is 1. The van der Waals surface area contributed by atoms with Crippen LogP contribution < -0.4 is 9.47 Å². The Bertz CT molecular complexity index is 1620. The molecular formula is C36H41FNNaO7. The molecule has 0 spiro atoms. The van der Waals surface area contributed by atoms with E-state index in [-0.39, 0.29) is 60.6 Å². The SMILES string of the molecule is COc1cccc(CC(=O)c2c(-c3ccccc3)c(-c3ccc(F)cc3)c(CC[C@@H](O)C[C@@H](O)CC(=O)O)n2C(C)C)c1OC.[NaH]. The first-order valence-corrected chi connectivity index (χ1v) is 14.9. The van der Waals surface area contributed by atoms with Gasteiger partial charge in [0.15, 0.2) is 17.3 Å². The maximum atomic E-state index is 14.5. The number of ether oxygens (including phenoxy) is 2. The summed E-state index contributed by atoms with van der Waals surface area (Å²) in [5.41, 5.74) is 4.84. The van der Waals surface area contributed by atoms with Gasteiger partial charge in [0.2, 0.25) is 0 Å². The molecule has 1 aromatic heterocycles. The Kier molecular flexibility index (Phi) is 13.6. The molecule has 0 aliphatic rings. The van der Waals surface area contributed by atoms with Gasteiger partial charge < -0.3 is 29.4 Å². The molecule has 0 saturated heterocycles. The third kappa shape index (κ3) is 8.66. The molecule has 0 radical (unpaired) electrons. The molecule has 0 saturated carbocycles. The monoisotopic (exact) mass is 641 g/mol. The zero-order valence-corrected chi connectivity index (χ0v) is 26.0. The van der Waals surface area contributed by atoms with Crippen LogP contribution in [0.4, 0.5) is 4.39 Å². The van der Waals surface area contributed by atoms with Gasteiger partial charge in [-0.15, -0.1) is 0 Å². The van der Waals surface area contributed by atoms with Crippen LogP contribution in [0.2, 0.25) is 0 Å². The topological polar surface area (TPSA) is 118 Å². The zero-order valence-electron chi connectivity index (χ0n) is 26.0. The van der Waals surface area contributed by atoms with E-state index in [0.717, 1.165) is 16.8 Å². The molecule has 0 amide bonds. The van der Waals surface area contributed by atoms with E-state index >= 15 is 0 Å². The Hall–Kier alpha value is -3.47. The van der Waals surface area contributed by atoms with Crippen LogP contribution in [0.1, 0.15) is 60.9 Å². The number of carbonyl (C=O) groups is 2. The Morgan fingerprint density at radius 1 is 0.848 bits per heavy atom. The van der Waals surface area contributed by atoms with Gasteiger partial charge in [-0.3, -0.25) is 9.59 Å². The summed E-state index contributed by atoms with van der Waals surface area (Å²) >= 11 is 0. The van der Waals surface area contributed by atoms with Crippen molar-refractivity contribution >= 4 is 41.3 Å². The minimum atomic E-state index is -1.19. The van der Waals surface area contributed by atoms with Crippen LogP contribution in [-0.4, -0.2) is 87.6 Å². The van der Waals surface area contributed by atoms with E-state index < -0.39 is 30.4 Å². The second-order valence-electron chi connectivity index (χ2n) is 11.3. The fourth-order valence-electron chi connectivity index (χ4n) is 5.91. The third-order valence-electron chi connectivity index (χ3n) is 7.79. The summed E-state index contributed by atoms with van der Waals surface area (Å²) in [6.07, 6.45) is -2.23. The maximum absolute atomic E-state index is 14.5. The normalized spacial score (nSPS) is 12.3. The van der Waals surface area contributed by atoms with Crippen LogP contribution >= 0.6 is 0 Å². The molecule has 1 heterocycles. The first-order chi connectivity index (χ1) is 21.5. The standard InChI is InChI=1S/C36H40FNO7.Na.H/c1-22(2)38-29(18-17-27(39)20-28(40)21-32(42)43)33(24-13-15-26(37)16-14-24)34(23-9-6-5-7-10-23)35(38)30(41)19-25-11-8-12-31(44-3)36(25)45-4;;/h5-16,22,27-28,39-40H,17-21H2,1-4H3,(H,42,43);;/t27-,28-;;/m1../s1. The van der Waals surface area contributed by atoms with Crippen molar-refractivity contribution in [3.63, 3.8) is 0 Å². The number of aromatic nitrogens is 1. The molecule has 240 valence electrons. The molecule has 0 unspecified atom stereocenters. The summed E-state index contributed by atoms with van der Waals surface area (Å²) in [5, 5.41) is 30.0. The molecule has 0 fully saturated rings. The van der Waals surface area contributed by atoms with E-state index in [1.807, 2.05) is 54.8 Å². The first-order valence-electron chi connectivity index (χ1n) is 14.9. The third-order valence-corrected chi connectivity index (χ3v) is 7.79. The number of ketones is 1. The van der Waals surface area contributed by atoms with Gasteiger partial charge in [-0.2, -0.15) is 0 Å². The van der Waals surface area contributed by atoms with Crippen molar-refractivity contribution in [2.45, 2.75) is 64.2 Å². The average molecular weight is 642 g/mol. The molecular weight excluding hydrogens is 600 g/mol. The summed E-state index contributed by atoms with van der Waals surface area (Å²) in [6, 6.07) is 20.8. The summed E-state index contributed by atoms with van der Waals surface area (Å²) in [7, 11) is 3.07. The van der Waals surface area contributed by atoms with Crippen molar-refractivity contribution in [3.8, 4) is 33.8 Å². The van der Waals surface area contributed by atoms with Crippen LogP contribution in [0, 0.1) is 5.82 Å². The number of carboxylic acids is 1. The predicted molar refractivity (Wildman–Crippen MR) is 178 cm³/mol. The Morgan fingerprint density at radius 2 is 1.50 bits per heavy atom. The summed E-state index contributed by atoms with van der Waals surface area (Å²) in [6.45, 7) is 3.95. The number of aliphatic hydroxyl groups is 2. The fraction of sp³-hybridized carbons (Fsp3) is 0.333. The Labute approximate surface area is 291 Å². The van der Waals surface area contributed by atoms with Gasteiger partial charge in [0.25, 0.3) is 0 Å². The summed E-state index contributed by atoms with van der Waals surface area (Å²) in [4.78, 5) is 25.6. The molecule has 3 aromatic carbocycles. The molecule has 10 heteroatoms. The number of rotatable bonds is 15. The number of hydrogen-bond donors (Lipinski definition) is 3. The van der Waals surface area contributed by atoms with Gasteiger partial charge in [-0.25, -0.2) is 4.39 Å². The predicted octanol–water partition coefficient (Wildman–Crippen LogP) is 5.86. The molecule has 4 rings (SSSR count). The van der Waals surface area contributed by atoms with Crippen LogP contribution in [0.25, 0.3) is 22.3 Å². The number of aliphatic carboxylic acids is 1. The van der Waals surface area contributed by atoms with Crippen molar-refractivity contribution in [2.75, 3.05) is 14.2 Å². The van der Waals surface area contributed by atoms with Gasteiger partial charge in [0.05, 0.1) is 38.5 Å². The zero-order chi connectivity index (χ0) is 32.7. The number of halogens is 1. The Morgan fingerprint density at radius 3 is 2.09 bits per heavy atom. The first kappa shape index (κ1) is 37.0. The number of carboxylic acid groups (broad SMARTS) is 1. The molecule has 0 aliphatic carbocycles. The second-order valence-corrected chi connectivity index (χ2v) is 11.3. The average Bonchev–Trinajstić information content (AvgIpc) is 3.35.